The van der Waals surface area contributed by atoms with Gasteiger partial charge in [-0.2, -0.15) is 0 Å². The van der Waals surface area contributed by atoms with Crippen molar-refractivity contribution in [2.45, 2.75) is 12.6 Å². The minimum atomic E-state index is -0.308. The Kier molecular flexibility index (Phi) is 3.52. The van der Waals surface area contributed by atoms with E-state index >= 15 is 0 Å². The standard InChI is InChI=1S/C14H15FN2/c15-13-3-1-2-12(8-13)14(17)11-6-4-10(9-16)5-7-11/h1-8,14H,9,16-17H2. The monoisotopic (exact) mass is 230 g/mol. The van der Waals surface area contributed by atoms with Crippen LogP contribution in [0, 0.1) is 5.82 Å². The van der Waals surface area contributed by atoms with Crippen LogP contribution in [-0.4, -0.2) is 0 Å². The first-order valence-electron chi connectivity index (χ1n) is 5.50. The topological polar surface area (TPSA) is 52.0 Å². The van der Waals surface area contributed by atoms with E-state index in [4.69, 9.17) is 11.5 Å². The van der Waals surface area contributed by atoms with Crippen LogP contribution in [0.2, 0.25) is 0 Å². The van der Waals surface area contributed by atoms with Crippen LogP contribution in [0.5, 0.6) is 0 Å². The quantitative estimate of drug-likeness (QED) is 0.850. The smallest absolute Gasteiger partial charge is 0.123 e. The van der Waals surface area contributed by atoms with Gasteiger partial charge in [0.25, 0.3) is 0 Å². The summed E-state index contributed by atoms with van der Waals surface area (Å²) < 4.78 is 13.1. The molecule has 0 fully saturated rings. The zero-order valence-electron chi connectivity index (χ0n) is 9.44. The predicted octanol–water partition coefficient (Wildman–Crippen LogP) is 2.33. The van der Waals surface area contributed by atoms with E-state index in [0.29, 0.717) is 6.54 Å². The minimum Gasteiger partial charge on any atom is -0.326 e. The third-order valence-electron chi connectivity index (χ3n) is 2.78. The fraction of sp³-hybridized carbons (Fsp3) is 0.143. The van der Waals surface area contributed by atoms with Gasteiger partial charge < -0.3 is 11.5 Å². The van der Waals surface area contributed by atoms with Crippen LogP contribution in [-0.2, 0) is 6.54 Å². The van der Waals surface area contributed by atoms with E-state index in [1.54, 1.807) is 6.07 Å². The van der Waals surface area contributed by atoms with Crippen molar-refractivity contribution in [3.05, 3.63) is 71.0 Å². The molecule has 0 bridgehead atoms. The Morgan fingerprint density at radius 1 is 1.00 bits per heavy atom. The number of hydrogen-bond donors (Lipinski definition) is 2. The molecular weight excluding hydrogens is 215 g/mol. The Morgan fingerprint density at radius 3 is 2.29 bits per heavy atom. The molecule has 3 heteroatoms. The van der Waals surface area contributed by atoms with E-state index in [1.165, 1.54) is 12.1 Å². The van der Waals surface area contributed by atoms with E-state index in [0.717, 1.165) is 16.7 Å². The maximum Gasteiger partial charge on any atom is 0.123 e. The lowest BCUT2D eigenvalue weighted by Crippen LogP contribution is -2.12. The van der Waals surface area contributed by atoms with Gasteiger partial charge in [0, 0.05) is 6.54 Å². The lowest BCUT2D eigenvalue weighted by molar-refractivity contribution is 0.623. The maximum atomic E-state index is 13.1. The van der Waals surface area contributed by atoms with Gasteiger partial charge in [0.2, 0.25) is 0 Å². The van der Waals surface area contributed by atoms with Gasteiger partial charge in [-0.25, -0.2) is 4.39 Å². The number of benzene rings is 2. The Morgan fingerprint density at radius 2 is 1.71 bits per heavy atom. The Balaban J connectivity index is 2.27. The van der Waals surface area contributed by atoms with E-state index in [1.807, 2.05) is 30.3 Å². The molecule has 2 rings (SSSR count). The van der Waals surface area contributed by atoms with E-state index in [2.05, 4.69) is 0 Å². The number of hydrogen-bond acceptors (Lipinski definition) is 2. The molecule has 2 aromatic rings. The second-order valence-corrected chi connectivity index (χ2v) is 3.98. The van der Waals surface area contributed by atoms with E-state index < -0.39 is 0 Å². The SMILES string of the molecule is NCc1ccc(C(N)c2cccc(F)c2)cc1. The highest BCUT2D eigenvalue weighted by Crippen LogP contribution is 2.20. The van der Waals surface area contributed by atoms with E-state index in [-0.39, 0.29) is 11.9 Å². The highest BCUT2D eigenvalue weighted by atomic mass is 19.1. The normalized spacial score (nSPS) is 12.4. The highest BCUT2D eigenvalue weighted by Gasteiger charge is 2.09. The molecule has 0 aliphatic carbocycles. The van der Waals surface area contributed by atoms with Gasteiger partial charge >= 0.3 is 0 Å². The summed E-state index contributed by atoms with van der Waals surface area (Å²) in [6, 6.07) is 13.8. The number of rotatable bonds is 3. The Hall–Kier alpha value is -1.71. The van der Waals surface area contributed by atoms with Crippen molar-refractivity contribution >= 4 is 0 Å². The van der Waals surface area contributed by atoms with Crippen molar-refractivity contribution in [1.82, 2.24) is 0 Å². The van der Waals surface area contributed by atoms with Gasteiger partial charge in [-0.1, -0.05) is 36.4 Å². The lowest BCUT2D eigenvalue weighted by atomic mass is 9.98. The summed E-state index contributed by atoms with van der Waals surface area (Å²) in [5, 5.41) is 0. The third-order valence-corrected chi connectivity index (χ3v) is 2.78. The van der Waals surface area contributed by atoms with Crippen LogP contribution < -0.4 is 11.5 Å². The zero-order valence-corrected chi connectivity index (χ0v) is 9.44. The molecule has 0 radical (unpaired) electrons. The molecule has 0 saturated heterocycles. The van der Waals surface area contributed by atoms with E-state index in [9.17, 15) is 4.39 Å². The minimum absolute atomic E-state index is 0.267. The molecule has 17 heavy (non-hydrogen) atoms. The zero-order chi connectivity index (χ0) is 12.3. The van der Waals surface area contributed by atoms with Crippen LogP contribution in [0.15, 0.2) is 48.5 Å². The van der Waals surface area contributed by atoms with Gasteiger partial charge in [-0.15, -0.1) is 0 Å². The molecule has 2 aromatic carbocycles. The van der Waals surface area contributed by atoms with Crippen molar-refractivity contribution < 1.29 is 4.39 Å². The van der Waals surface area contributed by atoms with Crippen LogP contribution >= 0.6 is 0 Å². The fourth-order valence-electron chi connectivity index (χ4n) is 1.75. The maximum absolute atomic E-state index is 13.1. The Bertz CT molecular complexity index is 494. The van der Waals surface area contributed by atoms with Gasteiger partial charge in [-0.05, 0) is 28.8 Å². The molecule has 0 heterocycles. The number of nitrogens with two attached hydrogens (primary N) is 2. The third kappa shape index (κ3) is 2.70. The Labute approximate surface area is 100 Å². The van der Waals surface area contributed by atoms with Crippen molar-refractivity contribution in [2.75, 3.05) is 0 Å². The number of halogens is 1. The molecule has 4 N–H and O–H groups in total. The van der Waals surface area contributed by atoms with Gasteiger partial charge in [0.05, 0.1) is 6.04 Å². The molecule has 2 nitrogen and oxygen atoms in total. The second kappa shape index (κ2) is 5.08. The molecule has 0 aliphatic heterocycles. The summed E-state index contributed by atoms with van der Waals surface area (Å²) in [5.41, 5.74) is 14.4. The molecule has 0 aliphatic rings. The van der Waals surface area contributed by atoms with Crippen molar-refractivity contribution in [3.63, 3.8) is 0 Å². The van der Waals surface area contributed by atoms with Gasteiger partial charge in [-0.3, -0.25) is 0 Å². The van der Waals surface area contributed by atoms with Crippen molar-refractivity contribution in [3.8, 4) is 0 Å². The van der Waals surface area contributed by atoms with Crippen molar-refractivity contribution in [1.29, 1.82) is 0 Å². The molecule has 0 saturated carbocycles. The summed E-state index contributed by atoms with van der Waals surface area (Å²) in [5.74, 6) is -0.267. The summed E-state index contributed by atoms with van der Waals surface area (Å²) in [4.78, 5) is 0. The summed E-state index contributed by atoms with van der Waals surface area (Å²) in [7, 11) is 0. The van der Waals surface area contributed by atoms with Gasteiger partial charge in [0.1, 0.15) is 5.82 Å². The fourth-order valence-corrected chi connectivity index (χ4v) is 1.75. The first-order valence-corrected chi connectivity index (χ1v) is 5.50. The summed E-state index contributed by atoms with van der Waals surface area (Å²) in [6.07, 6.45) is 0. The largest absolute Gasteiger partial charge is 0.326 e. The summed E-state index contributed by atoms with van der Waals surface area (Å²) in [6.45, 7) is 0.509. The molecule has 88 valence electrons. The molecule has 0 spiro atoms. The van der Waals surface area contributed by atoms with Crippen LogP contribution in [0.25, 0.3) is 0 Å². The van der Waals surface area contributed by atoms with Crippen molar-refractivity contribution in [2.24, 2.45) is 11.5 Å². The van der Waals surface area contributed by atoms with Crippen LogP contribution in [0.4, 0.5) is 4.39 Å². The molecular formula is C14H15FN2. The first-order chi connectivity index (χ1) is 8.20. The molecule has 0 amide bonds. The first kappa shape index (κ1) is 11.8. The highest BCUT2D eigenvalue weighted by molar-refractivity contribution is 5.33. The van der Waals surface area contributed by atoms with Crippen LogP contribution in [0.1, 0.15) is 22.7 Å². The molecule has 1 unspecified atom stereocenters. The molecule has 0 aromatic heterocycles. The summed E-state index contributed by atoms with van der Waals surface area (Å²) >= 11 is 0. The lowest BCUT2D eigenvalue weighted by Gasteiger charge is -2.13. The second-order valence-electron chi connectivity index (χ2n) is 3.98. The average molecular weight is 230 g/mol. The average Bonchev–Trinajstić information content (AvgIpc) is 2.38. The predicted molar refractivity (Wildman–Crippen MR) is 66.8 cm³/mol. The van der Waals surface area contributed by atoms with Gasteiger partial charge in [0.15, 0.2) is 0 Å². The molecule has 1 atom stereocenters. The van der Waals surface area contributed by atoms with Crippen LogP contribution in [0.3, 0.4) is 0 Å².